The normalized spacial score (nSPS) is 48.8. The van der Waals surface area contributed by atoms with Crippen molar-refractivity contribution >= 4 is 6.29 Å². The molecule has 1 heteroatoms. The molecule has 0 saturated heterocycles. The van der Waals surface area contributed by atoms with Crippen LogP contribution in [-0.2, 0) is 4.79 Å². The summed E-state index contributed by atoms with van der Waals surface area (Å²) in [6.45, 7) is 12.1. The molecule has 3 aliphatic rings. The van der Waals surface area contributed by atoms with E-state index in [1.165, 1.54) is 44.8 Å². The molecule has 0 aliphatic heterocycles. The molecule has 0 radical (unpaired) electrons. The number of hydrogen-bond acceptors (Lipinski definition) is 1. The topological polar surface area (TPSA) is 17.1 Å². The summed E-state index contributed by atoms with van der Waals surface area (Å²) in [7, 11) is 0. The molecule has 1 nitrogen and oxygen atoms in total. The van der Waals surface area contributed by atoms with Gasteiger partial charge in [0.2, 0.25) is 0 Å². The average Bonchev–Trinajstić information content (AvgIpc) is 2.79. The third-order valence-electron chi connectivity index (χ3n) is 8.25. The van der Waals surface area contributed by atoms with E-state index < -0.39 is 0 Å². The molecule has 0 amide bonds. The molecule has 0 aromatic carbocycles. The lowest BCUT2D eigenvalue weighted by Gasteiger charge is -2.59. The Hall–Kier alpha value is -0.330. The third-order valence-corrected chi connectivity index (χ3v) is 8.25. The Morgan fingerprint density at radius 3 is 2.29 bits per heavy atom. The molecule has 0 spiro atoms. The van der Waals surface area contributed by atoms with E-state index in [1.54, 1.807) is 0 Å². The maximum absolute atomic E-state index is 12.0. The van der Waals surface area contributed by atoms with Crippen LogP contribution in [0.3, 0.4) is 0 Å². The minimum Gasteiger partial charge on any atom is -0.303 e. The maximum atomic E-state index is 12.0. The van der Waals surface area contributed by atoms with Gasteiger partial charge in [0.15, 0.2) is 0 Å². The van der Waals surface area contributed by atoms with Crippen molar-refractivity contribution in [2.75, 3.05) is 0 Å². The van der Waals surface area contributed by atoms with Gasteiger partial charge in [-0.2, -0.15) is 0 Å². The Morgan fingerprint density at radius 2 is 1.67 bits per heavy atom. The van der Waals surface area contributed by atoms with Crippen molar-refractivity contribution in [2.45, 2.75) is 79.6 Å². The van der Waals surface area contributed by atoms with Gasteiger partial charge in [-0.1, -0.05) is 41.0 Å². The van der Waals surface area contributed by atoms with E-state index in [4.69, 9.17) is 0 Å². The number of aldehydes is 1. The summed E-state index contributed by atoms with van der Waals surface area (Å²) in [5.74, 6) is 2.82. The highest BCUT2D eigenvalue weighted by Crippen LogP contribution is 2.68. The zero-order valence-corrected chi connectivity index (χ0v) is 14.7. The van der Waals surface area contributed by atoms with Gasteiger partial charge in [0, 0.05) is 5.41 Å². The van der Waals surface area contributed by atoms with Crippen molar-refractivity contribution in [3.05, 3.63) is 0 Å². The maximum Gasteiger partial charge on any atom is 0.126 e. The number of carbonyl (C=O) groups is 1. The fourth-order valence-corrected chi connectivity index (χ4v) is 7.10. The molecule has 3 saturated carbocycles. The summed E-state index contributed by atoms with van der Waals surface area (Å²) in [5.41, 5.74) is 0.979. The lowest BCUT2D eigenvalue weighted by atomic mass is 9.45. The van der Waals surface area contributed by atoms with E-state index in [1.807, 2.05) is 0 Å². The highest BCUT2D eigenvalue weighted by molar-refractivity contribution is 5.61. The Bertz CT molecular complexity index is 424. The van der Waals surface area contributed by atoms with Gasteiger partial charge in [-0.25, -0.2) is 0 Å². The molecule has 5 atom stereocenters. The standard InChI is InChI=1S/C20H34O/c1-14(2)20(13-21)12-9-15-16(20)7-8-17-18(3,4)10-6-11-19(15,17)5/h13-17H,6-12H2,1-5H3/t15-,16+,17-,19+,20+/m0/s1. The smallest absolute Gasteiger partial charge is 0.126 e. The van der Waals surface area contributed by atoms with E-state index in [0.717, 1.165) is 18.3 Å². The van der Waals surface area contributed by atoms with Crippen LogP contribution in [0.15, 0.2) is 0 Å². The van der Waals surface area contributed by atoms with Crippen LogP contribution in [0, 0.1) is 39.9 Å². The highest BCUT2D eigenvalue weighted by Gasteiger charge is 2.61. The predicted molar refractivity (Wildman–Crippen MR) is 88.0 cm³/mol. The first-order chi connectivity index (χ1) is 9.78. The van der Waals surface area contributed by atoms with Crippen molar-refractivity contribution in [3.63, 3.8) is 0 Å². The van der Waals surface area contributed by atoms with Crippen molar-refractivity contribution in [1.82, 2.24) is 0 Å². The van der Waals surface area contributed by atoms with Crippen molar-refractivity contribution in [2.24, 2.45) is 39.9 Å². The molecule has 0 aromatic heterocycles. The SMILES string of the molecule is CC(C)[C@]1(C=O)CC[C@H]2[C@H]1CC[C@H]1C(C)(C)CCC[C@]21C. The molecule has 0 unspecified atom stereocenters. The quantitative estimate of drug-likeness (QED) is 0.615. The molecule has 120 valence electrons. The van der Waals surface area contributed by atoms with Crippen LogP contribution >= 0.6 is 0 Å². The molecule has 3 rings (SSSR count). The summed E-state index contributed by atoms with van der Waals surface area (Å²) in [6.07, 6.45) is 10.6. The zero-order valence-electron chi connectivity index (χ0n) is 14.7. The second-order valence-electron chi connectivity index (χ2n) is 9.61. The highest BCUT2D eigenvalue weighted by atomic mass is 16.1. The fourth-order valence-electron chi connectivity index (χ4n) is 7.10. The van der Waals surface area contributed by atoms with Crippen LogP contribution in [0.5, 0.6) is 0 Å². The van der Waals surface area contributed by atoms with Crippen LogP contribution in [0.25, 0.3) is 0 Å². The molecular weight excluding hydrogens is 256 g/mol. The van der Waals surface area contributed by atoms with Gasteiger partial charge in [-0.15, -0.1) is 0 Å². The number of rotatable bonds is 2. The Kier molecular flexibility index (Phi) is 3.58. The number of carbonyl (C=O) groups excluding carboxylic acids is 1. The largest absolute Gasteiger partial charge is 0.303 e. The van der Waals surface area contributed by atoms with E-state index in [0.29, 0.717) is 22.7 Å². The minimum atomic E-state index is -0.0137. The van der Waals surface area contributed by atoms with Crippen LogP contribution in [0.4, 0.5) is 0 Å². The molecular formula is C20H34O. The van der Waals surface area contributed by atoms with Gasteiger partial charge in [0.25, 0.3) is 0 Å². The van der Waals surface area contributed by atoms with Gasteiger partial charge in [0.05, 0.1) is 0 Å². The molecule has 0 heterocycles. The van der Waals surface area contributed by atoms with Crippen LogP contribution < -0.4 is 0 Å². The van der Waals surface area contributed by atoms with Crippen LogP contribution in [-0.4, -0.2) is 6.29 Å². The lowest BCUT2D eigenvalue weighted by Crippen LogP contribution is -2.52. The predicted octanol–water partition coefficient (Wildman–Crippen LogP) is 5.48. The van der Waals surface area contributed by atoms with Gasteiger partial charge in [0.1, 0.15) is 6.29 Å². The average molecular weight is 290 g/mol. The first-order valence-electron chi connectivity index (χ1n) is 9.24. The molecule has 3 fully saturated rings. The monoisotopic (exact) mass is 290 g/mol. The van der Waals surface area contributed by atoms with E-state index in [9.17, 15) is 4.79 Å². The molecule has 0 aromatic rings. The Labute approximate surface area is 131 Å². The Morgan fingerprint density at radius 1 is 0.952 bits per heavy atom. The molecule has 0 N–H and O–H groups in total. The van der Waals surface area contributed by atoms with E-state index in [2.05, 4.69) is 34.6 Å². The van der Waals surface area contributed by atoms with E-state index >= 15 is 0 Å². The summed E-state index contributed by atoms with van der Waals surface area (Å²) in [5, 5.41) is 0. The lowest BCUT2D eigenvalue weighted by molar-refractivity contribution is -0.131. The Balaban J connectivity index is 1.96. The summed E-state index contributed by atoms with van der Waals surface area (Å²) >= 11 is 0. The van der Waals surface area contributed by atoms with Gasteiger partial charge in [-0.3, -0.25) is 0 Å². The van der Waals surface area contributed by atoms with Crippen molar-refractivity contribution in [3.8, 4) is 0 Å². The third kappa shape index (κ3) is 1.98. The van der Waals surface area contributed by atoms with Crippen LogP contribution in [0.2, 0.25) is 0 Å². The minimum absolute atomic E-state index is 0.0137. The molecule has 21 heavy (non-hydrogen) atoms. The molecule has 3 aliphatic carbocycles. The first-order valence-corrected chi connectivity index (χ1v) is 9.24. The second kappa shape index (κ2) is 4.83. The van der Waals surface area contributed by atoms with Crippen molar-refractivity contribution < 1.29 is 4.79 Å². The summed E-state index contributed by atoms with van der Waals surface area (Å²) < 4.78 is 0. The van der Waals surface area contributed by atoms with E-state index in [-0.39, 0.29) is 5.41 Å². The van der Waals surface area contributed by atoms with Gasteiger partial charge in [-0.05, 0) is 73.0 Å². The number of hydrogen-bond donors (Lipinski definition) is 0. The second-order valence-corrected chi connectivity index (χ2v) is 9.61. The van der Waals surface area contributed by atoms with Crippen molar-refractivity contribution in [1.29, 1.82) is 0 Å². The first kappa shape index (κ1) is 15.6. The zero-order chi connectivity index (χ0) is 15.5. The summed E-state index contributed by atoms with van der Waals surface area (Å²) in [4.78, 5) is 12.0. The summed E-state index contributed by atoms with van der Waals surface area (Å²) in [6, 6.07) is 0. The van der Waals surface area contributed by atoms with Gasteiger partial charge < -0.3 is 4.79 Å². The van der Waals surface area contributed by atoms with Gasteiger partial charge >= 0.3 is 0 Å². The van der Waals surface area contributed by atoms with Crippen LogP contribution in [0.1, 0.15) is 79.6 Å². The fraction of sp³-hybridized carbons (Fsp3) is 0.950. The number of fused-ring (bicyclic) bond motifs is 3. The molecule has 0 bridgehead atoms.